The van der Waals surface area contributed by atoms with E-state index in [0.29, 0.717) is 0 Å². The third-order valence-electron chi connectivity index (χ3n) is 4.87. The number of aliphatic imine (C=N–C) groups is 1. The number of piperidine rings is 1. The van der Waals surface area contributed by atoms with Crippen LogP contribution in [-0.4, -0.2) is 55.5 Å². The van der Waals surface area contributed by atoms with Gasteiger partial charge in [0.25, 0.3) is 0 Å². The summed E-state index contributed by atoms with van der Waals surface area (Å²) in [5.74, 6) is 2.86. The van der Waals surface area contributed by atoms with E-state index in [4.69, 9.17) is 4.42 Å². The van der Waals surface area contributed by atoms with Gasteiger partial charge in [0.2, 0.25) is 0 Å². The van der Waals surface area contributed by atoms with Crippen molar-refractivity contribution in [1.29, 1.82) is 0 Å². The largest absolute Gasteiger partial charge is 0.468 e. The molecule has 0 spiro atoms. The highest BCUT2D eigenvalue weighted by molar-refractivity contribution is 14.0. The second kappa shape index (κ2) is 11.0. The second-order valence-electron chi connectivity index (χ2n) is 6.35. The maximum atomic E-state index is 5.67. The molecule has 1 aliphatic rings. The lowest BCUT2D eigenvalue weighted by atomic mass is 9.99. The lowest BCUT2D eigenvalue weighted by molar-refractivity contribution is 0.190. The molecule has 1 aliphatic heterocycles. The highest BCUT2D eigenvalue weighted by Gasteiger charge is 2.23. The number of hydrogen-bond acceptors (Lipinski definition) is 3. The number of likely N-dealkylation sites (tertiary alicyclic amines) is 1. The van der Waals surface area contributed by atoms with Gasteiger partial charge < -0.3 is 14.6 Å². The number of guanidine groups is 1. The number of furan rings is 1. The van der Waals surface area contributed by atoms with E-state index < -0.39 is 0 Å². The van der Waals surface area contributed by atoms with Crippen LogP contribution in [0.1, 0.15) is 45.4 Å². The van der Waals surface area contributed by atoms with E-state index in [2.05, 4.69) is 46.9 Å². The van der Waals surface area contributed by atoms with Crippen LogP contribution >= 0.6 is 24.0 Å². The molecule has 5 nitrogen and oxygen atoms in total. The molecule has 0 radical (unpaired) electrons. The van der Waals surface area contributed by atoms with Gasteiger partial charge in [-0.1, -0.05) is 20.8 Å². The number of halogens is 1. The number of likely N-dealkylation sites (N-methyl/N-ethyl adjacent to an activating group) is 1. The van der Waals surface area contributed by atoms with Crippen LogP contribution in [0.2, 0.25) is 0 Å². The summed E-state index contributed by atoms with van der Waals surface area (Å²) in [5, 5.41) is 3.57. The summed E-state index contributed by atoms with van der Waals surface area (Å²) < 4.78 is 5.67. The van der Waals surface area contributed by atoms with Gasteiger partial charge in [-0.05, 0) is 44.0 Å². The lowest BCUT2D eigenvalue weighted by Crippen LogP contribution is -2.47. The molecule has 0 saturated carbocycles. The molecule has 0 aromatic carbocycles. The van der Waals surface area contributed by atoms with Crippen molar-refractivity contribution in [3.05, 3.63) is 24.2 Å². The summed E-state index contributed by atoms with van der Waals surface area (Å²) in [4.78, 5) is 9.27. The number of nitrogens with zero attached hydrogens (tertiary/aromatic N) is 3. The second-order valence-corrected chi connectivity index (χ2v) is 6.35. The molecule has 1 atom stereocenters. The van der Waals surface area contributed by atoms with Crippen LogP contribution < -0.4 is 5.32 Å². The molecule has 1 aromatic rings. The van der Waals surface area contributed by atoms with E-state index in [1.807, 2.05) is 13.1 Å². The first-order valence-electron chi connectivity index (χ1n) is 8.92. The lowest BCUT2D eigenvalue weighted by Gasteiger charge is -2.34. The minimum absolute atomic E-state index is 0. The normalized spacial score (nSPS) is 17.7. The molecule has 2 rings (SSSR count). The molecule has 24 heavy (non-hydrogen) atoms. The molecule has 6 heteroatoms. The Morgan fingerprint density at radius 1 is 1.38 bits per heavy atom. The Morgan fingerprint density at radius 2 is 2.04 bits per heavy atom. The predicted octanol–water partition coefficient (Wildman–Crippen LogP) is 3.59. The first-order valence-corrected chi connectivity index (χ1v) is 8.92. The van der Waals surface area contributed by atoms with Crippen LogP contribution in [0.3, 0.4) is 0 Å². The molecule has 1 aromatic heterocycles. The first-order chi connectivity index (χ1) is 11.2. The van der Waals surface area contributed by atoms with Gasteiger partial charge in [0.15, 0.2) is 5.96 Å². The number of hydrogen-bond donors (Lipinski definition) is 1. The minimum atomic E-state index is 0. The van der Waals surface area contributed by atoms with Crippen molar-refractivity contribution >= 4 is 29.9 Å². The quantitative estimate of drug-likeness (QED) is 0.411. The fraction of sp³-hybridized carbons (Fsp3) is 0.722. The van der Waals surface area contributed by atoms with E-state index in [0.717, 1.165) is 50.4 Å². The van der Waals surface area contributed by atoms with Crippen molar-refractivity contribution in [2.45, 2.75) is 39.7 Å². The summed E-state index contributed by atoms with van der Waals surface area (Å²) in [6, 6.07) is 4.27. The Kier molecular flexibility index (Phi) is 9.73. The SMILES string of the molecule is CCN(CC)C(CNC(=NC)N1CCC(C)CC1)c1ccco1.I. The van der Waals surface area contributed by atoms with E-state index in [9.17, 15) is 0 Å². The average molecular weight is 448 g/mol. The molecule has 1 unspecified atom stereocenters. The smallest absolute Gasteiger partial charge is 0.193 e. The summed E-state index contributed by atoms with van der Waals surface area (Å²) in [7, 11) is 1.87. The van der Waals surface area contributed by atoms with Crippen molar-refractivity contribution in [3.8, 4) is 0 Å². The molecule has 1 saturated heterocycles. The van der Waals surface area contributed by atoms with Gasteiger partial charge >= 0.3 is 0 Å². The maximum absolute atomic E-state index is 5.67. The molecule has 1 N–H and O–H groups in total. The third kappa shape index (κ3) is 5.65. The Morgan fingerprint density at radius 3 is 2.54 bits per heavy atom. The van der Waals surface area contributed by atoms with Crippen LogP contribution in [0.5, 0.6) is 0 Å². The molecule has 1 fully saturated rings. The molecule has 2 heterocycles. The van der Waals surface area contributed by atoms with Crippen LogP contribution in [0.25, 0.3) is 0 Å². The van der Waals surface area contributed by atoms with E-state index >= 15 is 0 Å². The average Bonchev–Trinajstić information content (AvgIpc) is 3.10. The molecular formula is C18H33IN4O. The Hall–Kier alpha value is -0.760. The highest BCUT2D eigenvalue weighted by atomic mass is 127. The molecule has 0 bridgehead atoms. The standard InChI is InChI=1S/C18H32N4O.HI/c1-5-21(6-2)16(17-8-7-13-23-17)14-20-18(19-4)22-11-9-15(3)10-12-22;/h7-8,13,15-16H,5-6,9-12,14H2,1-4H3,(H,19,20);1H. The summed E-state index contributed by atoms with van der Waals surface area (Å²) in [5.41, 5.74) is 0. The van der Waals surface area contributed by atoms with E-state index in [1.54, 1.807) is 6.26 Å². The first kappa shape index (κ1) is 21.3. The van der Waals surface area contributed by atoms with Crippen molar-refractivity contribution in [1.82, 2.24) is 15.1 Å². The zero-order valence-electron chi connectivity index (χ0n) is 15.5. The van der Waals surface area contributed by atoms with Crippen LogP contribution in [0.15, 0.2) is 27.8 Å². The van der Waals surface area contributed by atoms with Crippen molar-refractivity contribution in [2.24, 2.45) is 10.9 Å². The van der Waals surface area contributed by atoms with E-state index in [-0.39, 0.29) is 30.0 Å². The van der Waals surface area contributed by atoms with Crippen LogP contribution in [0.4, 0.5) is 0 Å². The summed E-state index contributed by atoms with van der Waals surface area (Å²) in [6.45, 7) is 11.7. The van der Waals surface area contributed by atoms with Gasteiger partial charge in [0.1, 0.15) is 5.76 Å². The molecule has 0 amide bonds. The Balaban J connectivity index is 0.00000288. The topological polar surface area (TPSA) is 44.0 Å². The van der Waals surface area contributed by atoms with Gasteiger partial charge in [-0.15, -0.1) is 24.0 Å². The molecule has 0 aliphatic carbocycles. The highest BCUT2D eigenvalue weighted by Crippen LogP contribution is 2.21. The monoisotopic (exact) mass is 448 g/mol. The number of rotatable bonds is 6. The van der Waals surface area contributed by atoms with Crippen LogP contribution in [0, 0.1) is 5.92 Å². The third-order valence-corrected chi connectivity index (χ3v) is 4.87. The van der Waals surface area contributed by atoms with Crippen molar-refractivity contribution < 1.29 is 4.42 Å². The summed E-state index contributed by atoms with van der Waals surface area (Å²) >= 11 is 0. The van der Waals surface area contributed by atoms with Crippen molar-refractivity contribution in [3.63, 3.8) is 0 Å². The van der Waals surface area contributed by atoms with E-state index in [1.165, 1.54) is 12.8 Å². The fourth-order valence-electron chi connectivity index (χ4n) is 3.30. The predicted molar refractivity (Wildman–Crippen MR) is 111 cm³/mol. The zero-order chi connectivity index (χ0) is 16.7. The maximum Gasteiger partial charge on any atom is 0.193 e. The fourth-order valence-corrected chi connectivity index (χ4v) is 3.30. The number of nitrogens with one attached hydrogen (secondary N) is 1. The van der Waals surface area contributed by atoms with Gasteiger partial charge in [-0.25, -0.2) is 0 Å². The van der Waals surface area contributed by atoms with Gasteiger partial charge in [-0.2, -0.15) is 0 Å². The molecular weight excluding hydrogens is 415 g/mol. The Bertz CT molecular complexity index is 465. The Labute approximate surface area is 163 Å². The zero-order valence-corrected chi connectivity index (χ0v) is 17.8. The van der Waals surface area contributed by atoms with Gasteiger partial charge in [-0.3, -0.25) is 9.89 Å². The van der Waals surface area contributed by atoms with Crippen molar-refractivity contribution in [2.75, 3.05) is 39.8 Å². The van der Waals surface area contributed by atoms with Gasteiger partial charge in [0, 0.05) is 26.7 Å². The van der Waals surface area contributed by atoms with Gasteiger partial charge in [0.05, 0.1) is 12.3 Å². The molecule has 138 valence electrons. The minimum Gasteiger partial charge on any atom is -0.468 e. The summed E-state index contributed by atoms with van der Waals surface area (Å²) in [6.07, 6.45) is 4.25. The van der Waals surface area contributed by atoms with Crippen LogP contribution in [-0.2, 0) is 0 Å².